The Bertz CT molecular complexity index is 957. The number of methoxy groups -OCH3 is 2. The average Bonchev–Trinajstić information content (AvgIpc) is 2.60. The summed E-state index contributed by atoms with van der Waals surface area (Å²) in [6.07, 6.45) is 3.61. The van der Waals surface area contributed by atoms with E-state index in [0.29, 0.717) is 28.2 Å². The molecule has 0 spiro atoms. The lowest BCUT2D eigenvalue weighted by Gasteiger charge is -2.05. The minimum atomic E-state index is -0.151. The van der Waals surface area contributed by atoms with E-state index in [1.165, 1.54) is 0 Å². The molecule has 1 heterocycles. The summed E-state index contributed by atoms with van der Waals surface area (Å²) in [5, 5.41) is 0.585. The molecule has 3 aromatic rings. The van der Waals surface area contributed by atoms with Gasteiger partial charge in [0.25, 0.3) is 5.56 Å². The number of fused-ring (bicyclic) bond motifs is 1. The van der Waals surface area contributed by atoms with E-state index in [4.69, 9.17) is 9.47 Å². The maximum Gasteiger partial charge on any atom is 0.259 e. The summed E-state index contributed by atoms with van der Waals surface area (Å²) in [7, 11) is 3.21. The molecule has 0 aliphatic rings. The second-order valence-corrected chi connectivity index (χ2v) is 6.34. The van der Waals surface area contributed by atoms with Crippen molar-refractivity contribution in [3.05, 3.63) is 61.7 Å². The van der Waals surface area contributed by atoms with Crippen LogP contribution in [0.3, 0.4) is 0 Å². The summed E-state index contributed by atoms with van der Waals surface area (Å²) in [6, 6.07) is 11.1. The summed E-state index contributed by atoms with van der Waals surface area (Å²) in [4.78, 5) is 19.4. The first-order valence-corrected chi connectivity index (χ1v) is 8.27. The minimum Gasteiger partial charge on any atom is -0.497 e. The number of aromatic nitrogens is 2. The molecule has 0 atom stereocenters. The van der Waals surface area contributed by atoms with Gasteiger partial charge in [0, 0.05) is 9.64 Å². The van der Waals surface area contributed by atoms with Gasteiger partial charge in [-0.2, -0.15) is 0 Å². The molecule has 0 fully saturated rings. The van der Waals surface area contributed by atoms with E-state index in [-0.39, 0.29) is 5.56 Å². The number of halogens is 1. The predicted octanol–water partition coefficient (Wildman–Crippen LogP) is 3.72. The highest BCUT2D eigenvalue weighted by molar-refractivity contribution is 14.1. The van der Waals surface area contributed by atoms with Gasteiger partial charge in [0.2, 0.25) is 0 Å². The van der Waals surface area contributed by atoms with Crippen LogP contribution in [0.4, 0.5) is 0 Å². The van der Waals surface area contributed by atoms with E-state index in [9.17, 15) is 4.79 Å². The first-order valence-electron chi connectivity index (χ1n) is 7.20. The Kier molecular flexibility index (Phi) is 4.84. The fourth-order valence-electron chi connectivity index (χ4n) is 2.31. The highest BCUT2D eigenvalue weighted by Crippen LogP contribution is 2.23. The van der Waals surface area contributed by atoms with E-state index in [1.54, 1.807) is 26.4 Å². The molecule has 24 heavy (non-hydrogen) atoms. The fourth-order valence-corrected chi connectivity index (χ4v) is 2.80. The molecule has 0 radical (unpaired) electrons. The Morgan fingerprint density at radius 1 is 1.04 bits per heavy atom. The zero-order valence-corrected chi connectivity index (χ0v) is 15.3. The first-order chi connectivity index (χ1) is 11.6. The molecule has 5 nitrogen and oxygen atoms in total. The van der Waals surface area contributed by atoms with Gasteiger partial charge in [-0.15, -0.1) is 0 Å². The molecule has 0 bridgehead atoms. The Labute approximate surface area is 152 Å². The number of nitrogens with zero attached hydrogens (tertiary/aromatic N) is 1. The molecule has 2 aromatic carbocycles. The van der Waals surface area contributed by atoms with Crippen molar-refractivity contribution >= 4 is 45.6 Å². The van der Waals surface area contributed by atoms with Crippen molar-refractivity contribution in [3.8, 4) is 11.5 Å². The van der Waals surface area contributed by atoms with Crippen molar-refractivity contribution in [2.45, 2.75) is 0 Å². The van der Waals surface area contributed by atoms with Crippen LogP contribution >= 0.6 is 22.6 Å². The second kappa shape index (κ2) is 7.04. The molecule has 0 unspecified atom stereocenters. The molecule has 0 amide bonds. The van der Waals surface area contributed by atoms with Crippen molar-refractivity contribution in [2.24, 2.45) is 0 Å². The quantitative estimate of drug-likeness (QED) is 0.636. The van der Waals surface area contributed by atoms with Crippen molar-refractivity contribution in [1.82, 2.24) is 9.97 Å². The van der Waals surface area contributed by atoms with E-state index in [0.717, 1.165) is 9.13 Å². The van der Waals surface area contributed by atoms with E-state index >= 15 is 0 Å². The fraction of sp³-hybridized carbons (Fsp3) is 0.111. The van der Waals surface area contributed by atoms with Gasteiger partial charge in [-0.25, -0.2) is 4.98 Å². The van der Waals surface area contributed by atoms with E-state index < -0.39 is 0 Å². The summed E-state index contributed by atoms with van der Waals surface area (Å²) >= 11 is 2.17. The molecular weight excluding hydrogens is 419 g/mol. The third kappa shape index (κ3) is 3.59. The normalized spacial score (nSPS) is 11.1. The molecule has 0 saturated carbocycles. The van der Waals surface area contributed by atoms with Crippen molar-refractivity contribution in [3.63, 3.8) is 0 Å². The van der Waals surface area contributed by atoms with Crippen LogP contribution in [0.25, 0.3) is 23.1 Å². The van der Waals surface area contributed by atoms with Gasteiger partial charge < -0.3 is 14.5 Å². The maximum absolute atomic E-state index is 12.2. The topological polar surface area (TPSA) is 64.2 Å². The third-order valence-electron chi connectivity index (χ3n) is 3.49. The van der Waals surface area contributed by atoms with Crippen molar-refractivity contribution < 1.29 is 9.47 Å². The molecule has 0 aliphatic carbocycles. The van der Waals surface area contributed by atoms with Crippen molar-refractivity contribution in [2.75, 3.05) is 14.2 Å². The number of aromatic amines is 1. The summed E-state index contributed by atoms with van der Waals surface area (Å²) in [5.74, 6) is 1.89. The summed E-state index contributed by atoms with van der Waals surface area (Å²) in [5.41, 5.74) is 1.40. The summed E-state index contributed by atoms with van der Waals surface area (Å²) in [6.45, 7) is 0. The van der Waals surface area contributed by atoms with Gasteiger partial charge >= 0.3 is 0 Å². The van der Waals surface area contributed by atoms with Gasteiger partial charge in [-0.05, 0) is 64.6 Å². The lowest BCUT2D eigenvalue weighted by Crippen LogP contribution is -2.09. The number of hydrogen-bond donors (Lipinski definition) is 1. The van der Waals surface area contributed by atoms with Gasteiger partial charge in [0.15, 0.2) is 0 Å². The third-order valence-corrected chi connectivity index (χ3v) is 4.16. The van der Waals surface area contributed by atoms with E-state index in [1.807, 2.05) is 36.4 Å². The Balaban J connectivity index is 1.99. The van der Waals surface area contributed by atoms with Crippen molar-refractivity contribution in [1.29, 1.82) is 0 Å². The first kappa shape index (κ1) is 16.5. The highest BCUT2D eigenvalue weighted by atomic mass is 127. The minimum absolute atomic E-state index is 0.151. The molecule has 1 aromatic heterocycles. The van der Waals surface area contributed by atoms with E-state index in [2.05, 4.69) is 32.6 Å². The lowest BCUT2D eigenvalue weighted by atomic mass is 10.2. The number of rotatable bonds is 4. The molecule has 0 saturated heterocycles. The smallest absolute Gasteiger partial charge is 0.259 e. The zero-order valence-electron chi connectivity index (χ0n) is 13.2. The van der Waals surface area contributed by atoms with Crippen LogP contribution in [0.1, 0.15) is 11.4 Å². The number of nitrogens with one attached hydrogen (secondary N) is 1. The second-order valence-electron chi connectivity index (χ2n) is 5.09. The van der Waals surface area contributed by atoms with Gasteiger partial charge in [0.05, 0.1) is 25.1 Å². The van der Waals surface area contributed by atoms with Gasteiger partial charge in [0.1, 0.15) is 17.3 Å². The monoisotopic (exact) mass is 434 g/mol. The number of benzene rings is 2. The van der Waals surface area contributed by atoms with Gasteiger partial charge in [-0.1, -0.05) is 6.08 Å². The largest absolute Gasteiger partial charge is 0.497 e. The number of H-pyrrole nitrogens is 1. The van der Waals surface area contributed by atoms with Crippen LogP contribution in [0, 0.1) is 3.57 Å². The number of hydrogen-bond acceptors (Lipinski definition) is 4. The molecule has 3 rings (SSSR count). The molecule has 122 valence electrons. The maximum atomic E-state index is 12.2. The van der Waals surface area contributed by atoms with Crippen LogP contribution < -0.4 is 15.0 Å². The molecular formula is C18H15IN2O3. The lowest BCUT2D eigenvalue weighted by molar-refractivity contribution is 0.394. The molecule has 0 aliphatic heterocycles. The standard InChI is InChI=1S/C18H15IN2O3/c1-23-13-7-11(8-14(10-13)24-2)3-6-17-20-16-5-4-12(19)9-15(16)18(22)21-17/h3-10H,1-2H3,(H,20,21,22). The zero-order chi connectivity index (χ0) is 17.1. The predicted molar refractivity (Wildman–Crippen MR) is 104 cm³/mol. The number of ether oxygens (including phenoxy) is 2. The molecule has 6 heteroatoms. The SMILES string of the molecule is COc1cc(C=Cc2nc3ccc(I)cc3c(=O)[nH]2)cc(OC)c1. The average molecular weight is 434 g/mol. The Morgan fingerprint density at radius 2 is 1.75 bits per heavy atom. The Morgan fingerprint density at radius 3 is 2.42 bits per heavy atom. The van der Waals surface area contributed by atoms with Crippen LogP contribution in [-0.2, 0) is 0 Å². The van der Waals surface area contributed by atoms with Crippen LogP contribution in [-0.4, -0.2) is 24.2 Å². The van der Waals surface area contributed by atoms with Gasteiger partial charge in [-0.3, -0.25) is 4.79 Å². The molecule has 1 N–H and O–H groups in total. The van der Waals surface area contributed by atoms with Crippen LogP contribution in [0.5, 0.6) is 11.5 Å². The Hall–Kier alpha value is -2.35. The highest BCUT2D eigenvalue weighted by Gasteiger charge is 2.03. The summed E-state index contributed by atoms with van der Waals surface area (Å²) < 4.78 is 11.5. The van der Waals surface area contributed by atoms with Crippen LogP contribution in [0.2, 0.25) is 0 Å². The van der Waals surface area contributed by atoms with Crippen LogP contribution in [0.15, 0.2) is 41.2 Å².